The number of carbonyl (C=O) groups is 1. The summed E-state index contributed by atoms with van der Waals surface area (Å²) in [7, 11) is 4.00. The van der Waals surface area contributed by atoms with Crippen LogP contribution in [0.25, 0.3) is 0 Å². The van der Waals surface area contributed by atoms with Gasteiger partial charge in [-0.15, -0.1) is 0 Å². The lowest BCUT2D eigenvalue weighted by Gasteiger charge is -2.31. The average molecular weight is 419 g/mol. The molecule has 2 aromatic heterocycles. The maximum atomic E-state index is 12.8. The third kappa shape index (κ3) is 5.11. The summed E-state index contributed by atoms with van der Waals surface area (Å²) in [6.45, 7) is 1.08. The highest BCUT2D eigenvalue weighted by molar-refractivity contribution is 5.95. The number of imidazole rings is 1. The molecule has 3 aromatic rings. The Labute approximate surface area is 183 Å². The Kier molecular flexibility index (Phi) is 6.62. The Morgan fingerprint density at radius 2 is 2.06 bits per heavy atom. The number of fused-ring (bicyclic) bond motifs is 1. The highest BCUT2D eigenvalue weighted by atomic mass is 16.2. The van der Waals surface area contributed by atoms with E-state index in [2.05, 4.69) is 31.6 Å². The summed E-state index contributed by atoms with van der Waals surface area (Å²) in [6, 6.07) is 12.2. The summed E-state index contributed by atoms with van der Waals surface area (Å²) in [4.78, 5) is 23.7. The fourth-order valence-corrected chi connectivity index (χ4v) is 4.24. The summed E-state index contributed by atoms with van der Waals surface area (Å²) in [5, 5.41) is 6.51. The molecule has 0 radical (unpaired) electrons. The molecule has 0 bridgehead atoms. The molecular weight excluding hydrogens is 388 g/mol. The van der Waals surface area contributed by atoms with Crippen LogP contribution >= 0.6 is 0 Å². The standard InChI is InChI=1S/C24H30N6O/c1-29(22-11-5-7-18-8-6-13-27-24(18)22)16-23(31)28-21-10-4-3-9-20(21)26-14-12-19-15-25-17-30(19)2/h3-4,6,8-10,13,15,17,22,26H,5,7,11-12,14,16H2,1-2H3,(H,28,31). The maximum Gasteiger partial charge on any atom is 0.238 e. The van der Waals surface area contributed by atoms with E-state index in [9.17, 15) is 4.79 Å². The number of carbonyl (C=O) groups excluding carboxylic acids is 1. The monoisotopic (exact) mass is 418 g/mol. The predicted octanol–water partition coefficient (Wildman–Crippen LogP) is 3.42. The van der Waals surface area contributed by atoms with Gasteiger partial charge in [0.2, 0.25) is 5.91 Å². The third-order valence-corrected chi connectivity index (χ3v) is 5.90. The number of aryl methyl sites for hydroxylation is 2. The van der Waals surface area contributed by atoms with Crippen LogP contribution in [0.3, 0.4) is 0 Å². The van der Waals surface area contributed by atoms with Crippen LogP contribution in [0.5, 0.6) is 0 Å². The van der Waals surface area contributed by atoms with Gasteiger partial charge in [-0.2, -0.15) is 0 Å². The Bertz CT molecular complexity index is 1030. The molecule has 0 fully saturated rings. The summed E-state index contributed by atoms with van der Waals surface area (Å²) >= 11 is 0. The Balaban J connectivity index is 1.35. The zero-order valence-electron chi connectivity index (χ0n) is 18.2. The molecule has 162 valence electrons. The number of para-hydroxylation sites is 2. The molecule has 1 aromatic carbocycles. The molecule has 2 heterocycles. The molecule has 0 saturated heterocycles. The Morgan fingerprint density at radius 1 is 1.23 bits per heavy atom. The summed E-state index contributed by atoms with van der Waals surface area (Å²) in [5.74, 6) is -0.0218. The van der Waals surface area contributed by atoms with Gasteiger partial charge in [0.1, 0.15) is 0 Å². The van der Waals surface area contributed by atoms with Gasteiger partial charge in [-0.05, 0) is 50.1 Å². The summed E-state index contributed by atoms with van der Waals surface area (Å²) in [6.07, 6.45) is 9.61. The summed E-state index contributed by atoms with van der Waals surface area (Å²) in [5.41, 5.74) is 5.30. The molecule has 4 rings (SSSR count). The number of nitrogens with one attached hydrogen (secondary N) is 2. The van der Waals surface area contributed by atoms with Crippen molar-refractivity contribution >= 4 is 17.3 Å². The van der Waals surface area contributed by atoms with Gasteiger partial charge in [0.25, 0.3) is 0 Å². The van der Waals surface area contributed by atoms with Crippen molar-refractivity contribution in [2.24, 2.45) is 7.05 Å². The second-order valence-corrected chi connectivity index (χ2v) is 8.14. The maximum absolute atomic E-state index is 12.8. The van der Waals surface area contributed by atoms with Crippen molar-refractivity contribution in [3.8, 4) is 0 Å². The number of pyridine rings is 1. The molecular formula is C24H30N6O. The highest BCUT2D eigenvalue weighted by Crippen LogP contribution is 2.31. The molecule has 0 saturated carbocycles. The number of hydrogen-bond acceptors (Lipinski definition) is 5. The van der Waals surface area contributed by atoms with Crippen molar-refractivity contribution in [1.29, 1.82) is 0 Å². The van der Waals surface area contributed by atoms with E-state index >= 15 is 0 Å². The lowest BCUT2D eigenvalue weighted by atomic mass is 9.91. The first-order valence-corrected chi connectivity index (χ1v) is 10.8. The molecule has 1 atom stereocenters. The fourth-order valence-electron chi connectivity index (χ4n) is 4.24. The quantitative estimate of drug-likeness (QED) is 0.586. The van der Waals surface area contributed by atoms with Gasteiger partial charge in [-0.1, -0.05) is 18.2 Å². The minimum Gasteiger partial charge on any atom is -0.383 e. The minimum atomic E-state index is -0.0218. The van der Waals surface area contributed by atoms with Gasteiger partial charge < -0.3 is 15.2 Å². The van der Waals surface area contributed by atoms with E-state index in [-0.39, 0.29) is 11.9 Å². The van der Waals surface area contributed by atoms with E-state index in [4.69, 9.17) is 0 Å². The van der Waals surface area contributed by atoms with Crippen LogP contribution in [0.4, 0.5) is 11.4 Å². The number of rotatable bonds is 8. The molecule has 1 unspecified atom stereocenters. The number of nitrogens with zero attached hydrogens (tertiary/aromatic N) is 4. The van der Waals surface area contributed by atoms with Crippen molar-refractivity contribution in [2.75, 3.05) is 30.8 Å². The first kappa shape index (κ1) is 21.1. The van der Waals surface area contributed by atoms with Crippen LogP contribution in [-0.4, -0.2) is 45.5 Å². The van der Waals surface area contributed by atoms with Crippen molar-refractivity contribution in [2.45, 2.75) is 31.7 Å². The average Bonchev–Trinajstić information content (AvgIpc) is 3.19. The first-order chi connectivity index (χ1) is 15.1. The topological polar surface area (TPSA) is 75.1 Å². The van der Waals surface area contributed by atoms with Crippen LogP contribution < -0.4 is 10.6 Å². The van der Waals surface area contributed by atoms with Crippen molar-refractivity contribution in [3.05, 3.63) is 72.1 Å². The SMILES string of the molecule is CN(CC(=O)Nc1ccccc1NCCc1cncn1C)C1CCCc2cccnc21. The highest BCUT2D eigenvalue weighted by Gasteiger charge is 2.26. The lowest BCUT2D eigenvalue weighted by Crippen LogP contribution is -2.35. The van der Waals surface area contributed by atoms with Crippen LogP contribution in [0, 0.1) is 0 Å². The molecule has 1 aliphatic carbocycles. The number of aromatic nitrogens is 3. The fraction of sp³-hybridized carbons (Fsp3) is 0.375. The van der Waals surface area contributed by atoms with Gasteiger partial charge in [0.05, 0.1) is 36.0 Å². The first-order valence-electron chi connectivity index (χ1n) is 10.8. The van der Waals surface area contributed by atoms with Gasteiger partial charge in [0.15, 0.2) is 0 Å². The molecule has 0 spiro atoms. The van der Waals surface area contributed by atoms with Gasteiger partial charge in [-0.25, -0.2) is 4.98 Å². The van der Waals surface area contributed by atoms with Gasteiger partial charge in [0, 0.05) is 38.1 Å². The molecule has 31 heavy (non-hydrogen) atoms. The van der Waals surface area contributed by atoms with E-state index in [0.29, 0.717) is 6.54 Å². The second-order valence-electron chi connectivity index (χ2n) is 8.14. The number of hydrogen-bond donors (Lipinski definition) is 2. The summed E-state index contributed by atoms with van der Waals surface area (Å²) < 4.78 is 2.02. The van der Waals surface area contributed by atoms with Gasteiger partial charge in [-0.3, -0.25) is 14.7 Å². The van der Waals surface area contributed by atoms with Crippen molar-refractivity contribution in [1.82, 2.24) is 19.4 Å². The van der Waals surface area contributed by atoms with Gasteiger partial charge >= 0.3 is 0 Å². The van der Waals surface area contributed by atoms with Crippen molar-refractivity contribution in [3.63, 3.8) is 0 Å². The molecule has 2 N–H and O–H groups in total. The van der Waals surface area contributed by atoms with Crippen LogP contribution in [-0.2, 0) is 24.7 Å². The zero-order chi connectivity index (χ0) is 21.6. The number of benzene rings is 1. The second kappa shape index (κ2) is 9.75. The normalized spacial score (nSPS) is 15.5. The smallest absolute Gasteiger partial charge is 0.238 e. The molecule has 0 aliphatic heterocycles. The van der Waals surface area contributed by atoms with E-state index in [0.717, 1.165) is 55.0 Å². The van der Waals surface area contributed by atoms with Crippen molar-refractivity contribution < 1.29 is 4.79 Å². The van der Waals surface area contributed by atoms with Crippen LogP contribution in [0.2, 0.25) is 0 Å². The van der Waals surface area contributed by atoms with Crippen LogP contribution in [0.1, 0.15) is 35.8 Å². The molecule has 1 aliphatic rings. The predicted molar refractivity (Wildman–Crippen MR) is 123 cm³/mol. The van der Waals surface area contributed by atoms with E-state index in [1.54, 1.807) is 6.33 Å². The Morgan fingerprint density at radius 3 is 2.87 bits per heavy atom. The van der Waals surface area contributed by atoms with Crippen LogP contribution in [0.15, 0.2) is 55.1 Å². The minimum absolute atomic E-state index is 0.0218. The van der Waals surface area contributed by atoms with E-state index in [1.807, 2.05) is 61.4 Å². The van der Waals surface area contributed by atoms with E-state index < -0.39 is 0 Å². The largest absolute Gasteiger partial charge is 0.383 e. The Hall–Kier alpha value is -3.19. The number of anilines is 2. The lowest BCUT2D eigenvalue weighted by molar-refractivity contribution is -0.117. The molecule has 7 nitrogen and oxygen atoms in total. The number of likely N-dealkylation sites (N-methyl/N-ethyl adjacent to an activating group) is 1. The molecule has 7 heteroatoms. The molecule has 1 amide bonds. The zero-order valence-corrected chi connectivity index (χ0v) is 18.2. The van der Waals surface area contributed by atoms with E-state index in [1.165, 1.54) is 5.56 Å². The number of amides is 1. The third-order valence-electron chi connectivity index (χ3n) is 5.90.